The van der Waals surface area contributed by atoms with E-state index in [2.05, 4.69) is 24.9 Å². The molecule has 174 valence electrons. The van der Waals surface area contributed by atoms with Crippen molar-refractivity contribution in [3.63, 3.8) is 0 Å². The Balaban J connectivity index is 1.22. The van der Waals surface area contributed by atoms with Gasteiger partial charge in [0, 0.05) is 42.1 Å². The molecule has 0 bridgehead atoms. The van der Waals surface area contributed by atoms with Crippen molar-refractivity contribution in [2.75, 3.05) is 7.11 Å². The first-order valence-corrected chi connectivity index (χ1v) is 11.3. The van der Waals surface area contributed by atoms with Gasteiger partial charge in [-0.2, -0.15) is 4.98 Å². The number of aromatic nitrogens is 5. The van der Waals surface area contributed by atoms with Crippen molar-refractivity contribution < 1.29 is 19.4 Å². The van der Waals surface area contributed by atoms with E-state index in [4.69, 9.17) is 14.6 Å². The lowest BCUT2D eigenvalue weighted by molar-refractivity contribution is -0.138. The number of rotatable bonds is 7. The fourth-order valence-electron chi connectivity index (χ4n) is 4.30. The number of nitrogens with one attached hydrogen (secondary N) is 1. The number of hydrogen-bond donors (Lipinski definition) is 2. The molecule has 1 aliphatic rings. The Kier molecular flexibility index (Phi) is 6.07. The second kappa shape index (κ2) is 9.46. The zero-order valence-corrected chi connectivity index (χ0v) is 18.8. The lowest BCUT2D eigenvalue weighted by Gasteiger charge is -2.27. The van der Waals surface area contributed by atoms with Crippen molar-refractivity contribution in [3.8, 4) is 34.4 Å². The van der Waals surface area contributed by atoms with Crippen LogP contribution in [0.25, 0.3) is 33.8 Å². The monoisotopic (exact) mass is 459 g/mol. The number of pyridine rings is 3. The number of methoxy groups -OCH3 is 1. The first kappa shape index (κ1) is 21.8. The van der Waals surface area contributed by atoms with Crippen molar-refractivity contribution >= 4 is 17.1 Å². The Labute approximate surface area is 196 Å². The molecule has 0 radical (unpaired) electrons. The lowest BCUT2D eigenvalue weighted by Crippen LogP contribution is -2.25. The molecule has 4 aromatic rings. The van der Waals surface area contributed by atoms with Crippen LogP contribution in [-0.4, -0.2) is 49.2 Å². The van der Waals surface area contributed by atoms with Crippen LogP contribution < -0.4 is 9.47 Å². The predicted octanol–water partition coefficient (Wildman–Crippen LogP) is 4.50. The Morgan fingerprint density at radius 1 is 0.971 bits per heavy atom. The van der Waals surface area contributed by atoms with Gasteiger partial charge in [0.2, 0.25) is 11.8 Å². The molecule has 2 N–H and O–H groups in total. The molecule has 5 rings (SSSR count). The highest BCUT2D eigenvalue weighted by Crippen LogP contribution is 2.30. The summed E-state index contributed by atoms with van der Waals surface area (Å²) >= 11 is 0. The third kappa shape index (κ3) is 4.83. The molecule has 1 aliphatic carbocycles. The number of carboxylic acids is 1. The summed E-state index contributed by atoms with van der Waals surface area (Å²) in [4.78, 5) is 32.0. The molecule has 1 saturated carbocycles. The molecule has 0 saturated heterocycles. The van der Waals surface area contributed by atoms with Gasteiger partial charge in [-0.3, -0.25) is 9.78 Å². The summed E-state index contributed by atoms with van der Waals surface area (Å²) in [5, 5.41) is 8.95. The van der Waals surface area contributed by atoms with E-state index in [1.165, 1.54) is 0 Å². The molecule has 0 unspecified atom stereocenters. The molecular formula is C25H25N5O4. The standard InChI is InChI=1S/C25H25N5O4/c1-33-22-11-9-20-25(29-22)30-24(28-20)17-4-8-19(26-14-17)16-5-10-21(27-13-16)34-18-6-2-15(3-7-18)12-23(31)32/h4-5,8-11,13-15,18H,2-3,6-7,12H2,1H3,(H,31,32)(H,28,29,30). The minimum Gasteiger partial charge on any atom is -0.481 e. The topological polar surface area (TPSA) is 123 Å². The maximum Gasteiger partial charge on any atom is 0.303 e. The normalized spacial score (nSPS) is 18.0. The van der Waals surface area contributed by atoms with Crippen molar-refractivity contribution in [2.45, 2.75) is 38.2 Å². The van der Waals surface area contributed by atoms with Crippen LogP contribution in [0.2, 0.25) is 0 Å². The zero-order chi connectivity index (χ0) is 23.5. The molecule has 0 aromatic carbocycles. The highest BCUT2D eigenvalue weighted by molar-refractivity contribution is 5.76. The maximum atomic E-state index is 10.9. The van der Waals surface area contributed by atoms with E-state index < -0.39 is 5.97 Å². The second-order valence-corrected chi connectivity index (χ2v) is 8.49. The van der Waals surface area contributed by atoms with Gasteiger partial charge in [-0.1, -0.05) is 0 Å². The number of carboxylic acid groups (broad SMARTS) is 1. The minimum absolute atomic E-state index is 0.0825. The maximum absolute atomic E-state index is 10.9. The quantitative estimate of drug-likeness (QED) is 0.414. The van der Waals surface area contributed by atoms with Crippen LogP contribution in [0, 0.1) is 5.92 Å². The summed E-state index contributed by atoms with van der Waals surface area (Å²) in [5.41, 5.74) is 3.96. The number of nitrogens with zero attached hydrogens (tertiary/aromatic N) is 4. The van der Waals surface area contributed by atoms with Crippen molar-refractivity contribution in [1.29, 1.82) is 0 Å². The molecule has 34 heavy (non-hydrogen) atoms. The number of imidazole rings is 1. The third-order valence-electron chi connectivity index (χ3n) is 6.14. The molecule has 9 heteroatoms. The first-order chi connectivity index (χ1) is 16.6. The number of aliphatic carboxylic acids is 1. The largest absolute Gasteiger partial charge is 0.481 e. The van der Waals surface area contributed by atoms with Crippen LogP contribution in [0.5, 0.6) is 11.8 Å². The molecule has 4 heterocycles. The zero-order valence-electron chi connectivity index (χ0n) is 18.8. The van der Waals surface area contributed by atoms with E-state index >= 15 is 0 Å². The van der Waals surface area contributed by atoms with E-state index in [9.17, 15) is 4.79 Å². The molecule has 9 nitrogen and oxygen atoms in total. The van der Waals surface area contributed by atoms with E-state index in [1.54, 1.807) is 25.6 Å². The van der Waals surface area contributed by atoms with Crippen LogP contribution in [0.1, 0.15) is 32.1 Å². The minimum atomic E-state index is -0.724. The van der Waals surface area contributed by atoms with Gasteiger partial charge in [-0.05, 0) is 55.9 Å². The van der Waals surface area contributed by atoms with Crippen molar-refractivity contribution in [3.05, 3.63) is 48.8 Å². The summed E-state index contributed by atoms with van der Waals surface area (Å²) in [7, 11) is 1.58. The number of H-pyrrole nitrogens is 1. The van der Waals surface area contributed by atoms with Crippen molar-refractivity contribution in [2.24, 2.45) is 5.92 Å². The second-order valence-electron chi connectivity index (χ2n) is 8.49. The van der Waals surface area contributed by atoms with Crippen LogP contribution in [0.4, 0.5) is 0 Å². The first-order valence-electron chi connectivity index (χ1n) is 11.3. The average molecular weight is 460 g/mol. The van der Waals surface area contributed by atoms with E-state index in [-0.39, 0.29) is 18.4 Å². The van der Waals surface area contributed by atoms with Crippen LogP contribution in [0.3, 0.4) is 0 Å². The van der Waals surface area contributed by atoms with Gasteiger partial charge in [-0.15, -0.1) is 0 Å². The van der Waals surface area contributed by atoms with E-state index in [0.29, 0.717) is 23.2 Å². The summed E-state index contributed by atoms with van der Waals surface area (Å²) in [6, 6.07) is 11.4. The summed E-state index contributed by atoms with van der Waals surface area (Å²) < 4.78 is 11.2. The van der Waals surface area contributed by atoms with Crippen LogP contribution in [0.15, 0.2) is 48.8 Å². The fourth-order valence-corrected chi connectivity index (χ4v) is 4.30. The van der Waals surface area contributed by atoms with Crippen LogP contribution in [-0.2, 0) is 4.79 Å². The molecule has 4 aromatic heterocycles. The molecule has 0 amide bonds. The summed E-state index contributed by atoms with van der Waals surface area (Å²) in [5.74, 6) is 1.31. The highest BCUT2D eigenvalue weighted by Gasteiger charge is 2.24. The number of carbonyl (C=O) groups is 1. The Hall–Kier alpha value is -4.01. The molecule has 0 atom stereocenters. The van der Waals surface area contributed by atoms with Gasteiger partial charge in [0.25, 0.3) is 0 Å². The molecule has 0 aliphatic heterocycles. The average Bonchev–Trinajstić information content (AvgIpc) is 3.29. The van der Waals surface area contributed by atoms with Gasteiger partial charge >= 0.3 is 5.97 Å². The number of fused-ring (bicyclic) bond motifs is 1. The molecule has 0 spiro atoms. The van der Waals surface area contributed by atoms with Gasteiger partial charge in [0.05, 0.1) is 18.3 Å². The summed E-state index contributed by atoms with van der Waals surface area (Å²) in [6.07, 6.45) is 7.31. The smallest absolute Gasteiger partial charge is 0.303 e. The Morgan fingerprint density at radius 2 is 1.74 bits per heavy atom. The Morgan fingerprint density at radius 3 is 2.41 bits per heavy atom. The van der Waals surface area contributed by atoms with Crippen LogP contribution >= 0.6 is 0 Å². The van der Waals surface area contributed by atoms with Gasteiger partial charge < -0.3 is 19.6 Å². The number of aromatic amines is 1. The molecular weight excluding hydrogens is 434 g/mol. The Bertz CT molecular complexity index is 1280. The van der Waals surface area contributed by atoms with Gasteiger partial charge in [0.1, 0.15) is 11.9 Å². The highest BCUT2D eigenvalue weighted by atomic mass is 16.5. The number of hydrogen-bond acceptors (Lipinski definition) is 7. The van der Waals surface area contributed by atoms with Gasteiger partial charge in [0.15, 0.2) is 5.65 Å². The third-order valence-corrected chi connectivity index (χ3v) is 6.14. The predicted molar refractivity (Wildman–Crippen MR) is 126 cm³/mol. The van der Waals surface area contributed by atoms with Gasteiger partial charge in [-0.25, -0.2) is 9.97 Å². The van der Waals surface area contributed by atoms with E-state index in [1.807, 2.05) is 30.3 Å². The summed E-state index contributed by atoms with van der Waals surface area (Å²) in [6.45, 7) is 0. The SMILES string of the molecule is COc1ccc2[nH]c(-c3ccc(-c4ccc(OC5CCC(CC(=O)O)CC5)nc4)nc3)nc2n1. The fraction of sp³-hybridized carbons (Fsp3) is 0.320. The van der Waals surface area contributed by atoms with E-state index in [0.717, 1.165) is 48.0 Å². The lowest BCUT2D eigenvalue weighted by atomic mass is 9.85. The number of ether oxygens (including phenoxy) is 2. The molecule has 1 fully saturated rings. The van der Waals surface area contributed by atoms with Crippen molar-refractivity contribution in [1.82, 2.24) is 24.9 Å².